The summed E-state index contributed by atoms with van der Waals surface area (Å²) >= 11 is 0. The van der Waals surface area contributed by atoms with Gasteiger partial charge in [-0.2, -0.15) is 0 Å². The number of carbonyl (C=O) groups is 7. The Morgan fingerprint density at radius 2 is 1.19 bits per heavy atom. The van der Waals surface area contributed by atoms with Crippen molar-refractivity contribution in [2.75, 3.05) is 19.4 Å². The number of hydrogen-bond donors (Lipinski definition) is 8. The summed E-state index contributed by atoms with van der Waals surface area (Å²) in [5, 5.41) is 25.1. The third-order valence-corrected chi connectivity index (χ3v) is 16.4. The van der Waals surface area contributed by atoms with Gasteiger partial charge in [-0.25, -0.2) is 0 Å². The second kappa shape index (κ2) is 24.9. The molecule has 16 nitrogen and oxygen atoms in total. The number of amides is 6. The first-order chi connectivity index (χ1) is 36.5. The summed E-state index contributed by atoms with van der Waals surface area (Å²) in [6.07, 6.45) is 5.77. The first-order valence-corrected chi connectivity index (χ1v) is 27.9. The molecule has 3 aromatic carbocycles. The van der Waals surface area contributed by atoms with Crippen molar-refractivity contribution >= 4 is 46.9 Å². The number of anilines is 1. The smallest absolute Gasteiger partial charge is 0.246 e. The number of nitrogens with one attached hydrogen (secondary N) is 8. The highest BCUT2D eigenvalue weighted by Gasteiger charge is 2.48. The van der Waals surface area contributed by atoms with E-state index in [2.05, 4.69) is 67.3 Å². The summed E-state index contributed by atoms with van der Waals surface area (Å²) in [5.41, 5.74) is 6.05. The molecule has 6 amide bonds. The van der Waals surface area contributed by atoms with Gasteiger partial charge in [-0.05, 0) is 136 Å². The number of ketones is 1. The van der Waals surface area contributed by atoms with Gasteiger partial charge in [0.25, 0.3) is 0 Å². The van der Waals surface area contributed by atoms with E-state index in [9.17, 15) is 33.6 Å². The van der Waals surface area contributed by atoms with Crippen molar-refractivity contribution < 1.29 is 33.6 Å². The maximum Gasteiger partial charge on any atom is 0.246 e. The summed E-state index contributed by atoms with van der Waals surface area (Å²) in [6, 6.07) is 17.7. The molecule has 2 unspecified atom stereocenters. The van der Waals surface area contributed by atoms with Gasteiger partial charge in [-0.1, -0.05) is 103 Å². The lowest BCUT2D eigenvalue weighted by molar-refractivity contribution is -0.147. The van der Waals surface area contributed by atoms with E-state index in [0.29, 0.717) is 11.4 Å². The number of carbonyl (C=O) groups excluding carboxylic acids is 7. The molecule has 0 saturated heterocycles. The van der Waals surface area contributed by atoms with Crippen molar-refractivity contribution in [3.63, 3.8) is 0 Å². The zero-order valence-corrected chi connectivity index (χ0v) is 47.1. The van der Waals surface area contributed by atoms with E-state index in [1.807, 2.05) is 91.9 Å². The van der Waals surface area contributed by atoms with Gasteiger partial charge in [0.1, 0.15) is 12.1 Å². The molecular formula is C61H85N9O7. The molecule has 8 N–H and O–H groups in total. The van der Waals surface area contributed by atoms with Crippen LogP contribution in [0.15, 0.2) is 79.0 Å². The Bertz CT molecular complexity index is 2690. The Balaban J connectivity index is 1.04. The summed E-state index contributed by atoms with van der Waals surface area (Å²) in [7, 11) is 3.50. The van der Waals surface area contributed by atoms with Crippen LogP contribution in [0.2, 0.25) is 0 Å². The Kier molecular flexibility index (Phi) is 18.9. The highest BCUT2D eigenvalue weighted by molar-refractivity contribution is 5.96. The molecule has 0 aromatic heterocycles. The van der Waals surface area contributed by atoms with Crippen LogP contribution in [-0.4, -0.2) is 96.5 Å². The lowest BCUT2D eigenvalue weighted by Crippen LogP contribution is -2.62. The SMILES string of the molecule is C=C(N[C@H](C(=O)C1C[C@@H](NC(=O)CCC(=O)Nc2ccc3c(c2)CN(C(=O)C(NC(=O)[C@H](C)NC)C(C)(C)C)[C@H](C(=O)N[C@@H]2CCCc4ccccc42)C3)C[C@H]1C(=O)N[C@@H]1CCCc2ccccc21)C(C)(C)C)[C@H](C)NC. The zero-order valence-electron chi connectivity index (χ0n) is 47.1. The minimum absolute atomic E-state index is 0.0535. The van der Waals surface area contributed by atoms with Gasteiger partial charge in [-0.15, -0.1) is 0 Å². The predicted octanol–water partition coefficient (Wildman–Crippen LogP) is 6.39. The highest BCUT2D eigenvalue weighted by atomic mass is 16.2. The molecule has 77 heavy (non-hydrogen) atoms. The van der Waals surface area contributed by atoms with Crippen LogP contribution in [0.25, 0.3) is 0 Å². The lowest BCUT2D eigenvalue weighted by atomic mass is 9.77. The number of hydrogen-bond acceptors (Lipinski definition) is 10. The molecule has 0 radical (unpaired) electrons. The molecule has 0 bridgehead atoms. The fourth-order valence-corrected chi connectivity index (χ4v) is 11.6. The molecule has 1 fully saturated rings. The monoisotopic (exact) mass is 1060 g/mol. The van der Waals surface area contributed by atoms with Crippen LogP contribution >= 0.6 is 0 Å². The van der Waals surface area contributed by atoms with Crippen LogP contribution in [0.1, 0.15) is 152 Å². The second-order valence-corrected chi connectivity index (χ2v) is 24.2. The molecular weight excluding hydrogens is 971 g/mol. The van der Waals surface area contributed by atoms with Crippen LogP contribution in [0, 0.1) is 22.7 Å². The normalized spacial score (nSPS) is 22.5. The Hall–Kier alpha value is -6.39. The van der Waals surface area contributed by atoms with Crippen LogP contribution in [0.3, 0.4) is 0 Å². The van der Waals surface area contributed by atoms with E-state index >= 15 is 0 Å². The van der Waals surface area contributed by atoms with E-state index in [1.54, 1.807) is 31.0 Å². The molecule has 7 rings (SSSR count). The fourth-order valence-electron chi connectivity index (χ4n) is 11.6. The van der Waals surface area contributed by atoms with Crippen LogP contribution in [0.4, 0.5) is 5.69 Å². The number of benzene rings is 3. The molecule has 1 aliphatic heterocycles. The van der Waals surface area contributed by atoms with E-state index in [0.717, 1.165) is 60.8 Å². The minimum atomic E-state index is -0.958. The van der Waals surface area contributed by atoms with E-state index in [4.69, 9.17) is 0 Å². The minimum Gasteiger partial charge on any atom is -0.377 e. The van der Waals surface area contributed by atoms with Gasteiger partial charge >= 0.3 is 0 Å². The number of fused-ring (bicyclic) bond motifs is 3. The van der Waals surface area contributed by atoms with Gasteiger partial charge in [0, 0.05) is 61.1 Å². The summed E-state index contributed by atoms with van der Waals surface area (Å²) in [6.45, 7) is 19.5. The molecule has 3 aliphatic carbocycles. The summed E-state index contributed by atoms with van der Waals surface area (Å²) in [4.78, 5) is 101. The van der Waals surface area contributed by atoms with Crippen LogP contribution < -0.4 is 42.5 Å². The van der Waals surface area contributed by atoms with Crippen molar-refractivity contribution in [2.24, 2.45) is 22.7 Å². The predicted molar refractivity (Wildman–Crippen MR) is 300 cm³/mol. The largest absolute Gasteiger partial charge is 0.377 e. The topological polar surface area (TPSA) is 219 Å². The number of likely N-dealkylation sites (N-methyl/N-ethyl adjacent to an activating group) is 2. The molecule has 3 aromatic rings. The van der Waals surface area contributed by atoms with Gasteiger partial charge < -0.3 is 47.4 Å². The maximum absolute atomic E-state index is 14.9. The fraction of sp³-hybridized carbons (Fsp3) is 0.557. The molecule has 1 heterocycles. The van der Waals surface area contributed by atoms with E-state index < -0.39 is 58.8 Å². The first-order valence-electron chi connectivity index (χ1n) is 27.9. The van der Waals surface area contributed by atoms with Gasteiger partial charge in [-0.3, -0.25) is 33.6 Å². The quantitative estimate of drug-likeness (QED) is 0.0662. The van der Waals surface area contributed by atoms with E-state index in [1.165, 1.54) is 11.1 Å². The Labute approximate surface area is 456 Å². The van der Waals surface area contributed by atoms with Gasteiger partial charge in [0.05, 0.1) is 24.2 Å². The third-order valence-electron chi connectivity index (χ3n) is 16.4. The summed E-state index contributed by atoms with van der Waals surface area (Å²) in [5.74, 6) is -3.48. The Morgan fingerprint density at radius 1 is 0.636 bits per heavy atom. The summed E-state index contributed by atoms with van der Waals surface area (Å²) < 4.78 is 0. The third kappa shape index (κ3) is 14.2. The van der Waals surface area contributed by atoms with Crippen molar-refractivity contribution in [3.8, 4) is 0 Å². The Morgan fingerprint density at radius 3 is 1.78 bits per heavy atom. The molecule has 4 aliphatic rings. The lowest BCUT2D eigenvalue weighted by Gasteiger charge is -2.42. The average Bonchev–Trinajstić information content (AvgIpc) is 3.84. The number of rotatable bonds is 19. The molecule has 10 atom stereocenters. The molecule has 0 spiro atoms. The van der Waals surface area contributed by atoms with Crippen molar-refractivity contribution in [1.29, 1.82) is 0 Å². The van der Waals surface area contributed by atoms with Gasteiger partial charge in [0.2, 0.25) is 35.4 Å². The first kappa shape index (κ1) is 58.3. The standard InChI is InChI=1S/C61H85N9O7/c1-35(62-10)36(2)64-54(60(4,5)6)53(73)46-32-43(33-47(46)57(75)67-48-24-16-20-38-18-12-14-22-44(38)48)66-52(72)29-28-51(71)65-42-27-26-40-31-50(58(76)68-49-25-17-21-39-19-13-15-23-45(39)49)70(34-41(40)30-42)59(77)55(61(7,8)9)69-56(74)37(3)63-11/h12-15,18-19,22-23,26-27,30,35,37,43,46-50,54-55,62-64H,2,16-17,20-21,24-25,28-29,31-34H2,1,3-11H3,(H,65,71)(H,66,72)(H,67,75)(H,68,76)(H,69,74)/t35-,37-,43+,46?,47+,48+,49+,50-,54+,55?/m0/s1. The van der Waals surface area contributed by atoms with Crippen LogP contribution in [-0.2, 0) is 59.4 Å². The van der Waals surface area contributed by atoms with Crippen molar-refractivity contribution in [2.45, 2.75) is 181 Å². The second-order valence-electron chi connectivity index (χ2n) is 24.2. The number of Topliss-reactive ketones (excluding diaryl/α,β-unsaturated/α-hetero) is 1. The highest BCUT2D eigenvalue weighted by Crippen LogP contribution is 2.39. The van der Waals surface area contributed by atoms with Crippen molar-refractivity contribution in [3.05, 3.63) is 112 Å². The van der Waals surface area contributed by atoms with E-state index in [-0.39, 0.29) is 92.1 Å². The van der Waals surface area contributed by atoms with Gasteiger partial charge in [0.15, 0.2) is 5.78 Å². The van der Waals surface area contributed by atoms with Crippen LogP contribution in [0.5, 0.6) is 0 Å². The number of aryl methyl sites for hydroxylation is 2. The average molecular weight is 1060 g/mol. The van der Waals surface area contributed by atoms with Crippen molar-refractivity contribution in [1.82, 2.24) is 42.1 Å². The maximum atomic E-state index is 14.9. The number of nitrogens with zero attached hydrogens (tertiary/aromatic N) is 1. The molecule has 1 saturated carbocycles. The zero-order chi connectivity index (χ0) is 55.9. The molecule has 416 valence electrons. The molecule has 16 heteroatoms.